The van der Waals surface area contributed by atoms with Gasteiger partial charge >= 0.3 is 0 Å². The molecule has 1 aliphatic heterocycles. The van der Waals surface area contributed by atoms with E-state index in [1.807, 2.05) is 11.8 Å². The number of likely N-dealkylation sites (tertiary alicyclic amines) is 1. The van der Waals surface area contributed by atoms with Crippen molar-refractivity contribution in [1.29, 1.82) is 0 Å². The first-order valence-corrected chi connectivity index (χ1v) is 11.4. The Hall–Kier alpha value is -1.18. The maximum Gasteiger partial charge on any atom is 0.249 e. The van der Waals surface area contributed by atoms with E-state index in [9.17, 15) is 14.7 Å². The van der Waals surface area contributed by atoms with Crippen LogP contribution in [0.1, 0.15) is 58.3 Å². The summed E-state index contributed by atoms with van der Waals surface area (Å²) in [5, 5.41) is 10.8. The van der Waals surface area contributed by atoms with Crippen LogP contribution in [0.25, 0.3) is 0 Å². The highest BCUT2D eigenvalue weighted by atomic mass is 16.6. The van der Waals surface area contributed by atoms with E-state index < -0.39 is 17.9 Å². The number of hydrogen-bond donors (Lipinski definition) is 3. The van der Waals surface area contributed by atoms with Gasteiger partial charge in [0.15, 0.2) is 0 Å². The number of piperidine rings is 1. The Kier molecular flexibility index (Phi) is 7.93. The van der Waals surface area contributed by atoms with Crippen LogP contribution in [0.5, 0.6) is 0 Å². The fourth-order valence-corrected chi connectivity index (χ4v) is 6.01. The first kappa shape index (κ1) is 22.5. The summed E-state index contributed by atoms with van der Waals surface area (Å²) >= 11 is 0. The van der Waals surface area contributed by atoms with E-state index >= 15 is 0 Å². The van der Waals surface area contributed by atoms with E-state index in [2.05, 4.69) is 5.48 Å². The highest BCUT2D eigenvalue weighted by Crippen LogP contribution is 2.39. The number of nitrogens with zero attached hydrogens (tertiary/aromatic N) is 1. The highest BCUT2D eigenvalue weighted by molar-refractivity contribution is 5.83. The topological polar surface area (TPSA) is 105 Å². The lowest BCUT2D eigenvalue weighted by atomic mass is 9.71. The van der Waals surface area contributed by atoms with Crippen molar-refractivity contribution in [2.24, 2.45) is 41.2 Å². The lowest BCUT2D eigenvalue weighted by Crippen LogP contribution is -2.52. The van der Waals surface area contributed by atoms with Gasteiger partial charge in [0.1, 0.15) is 0 Å². The average molecular weight is 410 g/mol. The number of carbonyl (C=O) groups is 2. The zero-order valence-corrected chi connectivity index (χ0v) is 18.0. The van der Waals surface area contributed by atoms with Crippen molar-refractivity contribution in [1.82, 2.24) is 10.4 Å². The smallest absolute Gasteiger partial charge is 0.249 e. The van der Waals surface area contributed by atoms with Crippen LogP contribution in [0.15, 0.2) is 0 Å². The first-order valence-electron chi connectivity index (χ1n) is 11.4. The van der Waals surface area contributed by atoms with Gasteiger partial charge in [-0.1, -0.05) is 19.8 Å². The van der Waals surface area contributed by atoms with Gasteiger partial charge in [-0.25, -0.2) is 5.48 Å². The number of rotatable bonds is 5. The second kappa shape index (κ2) is 10.2. The molecule has 0 aromatic carbocycles. The molecule has 0 aromatic rings. The summed E-state index contributed by atoms with van der Waals surface area (Å²) in [5.74, 6) is 0.895. The van der Waals surface area contributed by atoms with Crippen LogP contribution in [0.3, 0.4) is 0 Å². The highest BCUT2D eigenvalue weighted by Gasteiger charge is 2.44. The molecule has 3 rings (SSSR count). The van der Waals surface area contributed by atoms with Gasteiger partial charge in [0.25, 0.3) is 0 Å². The predicted octanol–water partition coefficient (Wildman–Crippen LogP) is 1.69. The predicted molar refractivity (Wildman–Crippen MR) is 110 cm³/mol. The van der Waals surface area contributed by atoms with Crippen LogP contribution < -0.4 is 11.2 Å². The molecule has 3 aliphatic rings. The summed E-state index contributed by atoms with van der Waals surface area (Å²) in [7, 11) is 1.38. The first-order chi connectivity index (χ1) is 13.9. The second-order valence-electron chi connectivity index (χ2n) is 9.64. The second-order valence-corrected chi connectivity index (χ2v) is 9.64. The monoisotopic (exact) mass is 409 g/mol. The number of nitrogens with one attached hydrogen (secondary N) is 1. The molecule has 2 aliphatic carbocycles. The van der Waals surface area contributed by atoms with Gasteiger partial charge < -0.3 is 15.7 Å². The van der Waals surface area contributed by atoms with Crippen LogP contribution >= 0.6 is 0 Å². The molecular weight excluding hydrogens is 370 g/mol. The number of amides is 2. The van der Waals surface area contributed by atoms with Crippen LogP contribution in [0.4, 0.5) is 0 Å². The molecule has 0 radical (unpaired) electrons. The molecule has 0 spiro atoms. The molecule has 1 heterocycles. The summed E-state index contributed by atoms with van der Waals surface area (Å²) in [5.41, 5.74) is 8.23. The Balaban J connectivity index is 1.56. The van der Waals surface area contributed by atoms with E-state index in [4.69, 9.17) is 10.6 Å². The van der Waals surface area contributed by atoms with E-state index in [0.29, 0.717) is 24.7 Å². The van der Waals surface area contributed by atoms with Crippen molar-refractivity contribution in [3.8, 4) is 0 Å². The molecular formula is C22H39N3O4. The number of carbonyl (C=O) groups excluding carboxylic acids is 2. The minimum atomic E-state index is -0.949. The molecule has 7 heteroatoms. The summed E-state index contributed by atoms with van der Waals surface area (Å²) in [6, 6.07) is 0. The molecule has 0 bridgehead atoms. The standard InChI is InChI=1S/C22H39N3O4/c1-14-10-18(21(27)24-29-2)20(26)19(11-14)22(28)25-8-6-16(7-9-25)17-5-3-4-15(12-17)13-23/h14-20,26H,3-13,23H2,1-2H3,(H,24,27). The molecule has 166 valence electrons. The zero-order valence-electron chi connectivity index (χ0n) is 18.0. The molecule has 0 aromatic heterocycles. The summed E-state index contributed by atoms with van der Waals surface area (Å²) in [6.07, 6.45) is 7.43. The Labute approximate surface area is 174 Å². The van der Waals surface area contributed by atoms with Crippen LogP contribution in [0.2, 0.25) is 0 Å². The number of hydroxylamine groups is 1. The molecule has 4 N–H and O–H groups in total. The molecule has 6 atom stereocenters. The Morgan fingerprint density at radius 3 is 2.41 bits per heavy atom. The van der Waals surface area contributed by atoms with Crippen LogP contribution in [0, 0.1) is 35.5 Å². The molecule has 7 nitrogen and oxygen atoms in total. The van der Waals surface area contributed by atoms with Crippen molar-refractivity contribution in [3.63, 3.8) is 0 Å². The molecule has 6 unspecified atom stereocenters. The molecule has 29 heavy (non-hydrogen) atoms. The van der Waals surface area contributed by atoms with Crippen molar-refractivity contribution in [2.75, 3.05) is 26.7 Å². The van der Waals surface area contributed by atoms with Crippen molar-refractivity contribution < 1.29 is 19.5 Å². The van der Waals surface area contributed by atoms with Crippen molar-refractivity contribution in [3.05, 3.63) is 0 Å². The number of aliphatic hydroxyl groups is 1. The fourth-order valence-electron chi connectivity index (χ4n) is 6.01. The van der Waals surface area contributed by atoms with Crippen molar-refractivity contribution >= 4 is 11.8 Å². The molecule has 2 saturated carbocycles. The van der Waals surface area contributed by atoms with Gasteiger partial charge in [-0.3, -0.25) is 14.4 Å². The molecule has 1 saturated heterocycles. The van der Waals surface area contributed by atoms with E-state index in [1.54, 1.807) is 0 Å². The fraction of sp³-hybridized carbons (Fsp3) is 0.909. The summed E-state index contributed by atoms with van der Waals surface area (Å²) < 4.78 is 0. The lowest BCUT2D eigenvalue weighted by Gasteiger charge is -2.42. The Morgan fingerprint density at radius 1 is 1.07 bits per heavy atom. The maximum atomic E-state index is 13.2. The van der Waals surface area contributed by atoms with Gasteiger partial charge in [-0.15, -0.1) is 0 Å². The maximum absolute atomic E-state index is 13.2. The van der Waals surface area contributed by atoms with Crippen LogP contribution in [-0.4, -0.2) is 54.7 Å². The van der Waals surface area contributed by atoms with Crippen molar-refractivity contribution in [2.45, 2.75) is 64.4 Å². The average Bonchev–Trinajstić information content (AvgIpc) is 2.75. The van der Waals surface area contributed by atoms with Gasteiger partial charge in [0.05, 0.1) is 25.0 Å². The van der Waals surface area contributed by atoms with Gasteiger partial charge in [0.2, 0.25) is 11.8 Å². The number of nitrogens with two attached hydrogens (primary N) is 1. The normalized spacial score (nSPS) is 36.6. The quantitative estimate of drug-likeness (QED) is 0.600. The van der Waals surface area contributed by atoms with Gasteiger partial charge in [-0.2, -0.15) is 0 Å². The minimum Gasteiger partial charge on any atom is -0.391 e. The SMILES string of the molecule is CONC(=O)C1CC(C)CC(C(=O)N2CCC(C3CCCC(CN)C3)CC2)C1O. The summed E-state index contributed by atoms with van der Waals surface area (Å²) in [6.45, 7) is 4.37. The van der Waals surface area contributed by atoms with E-state index in [-0.39, 0.29) is 17.7 Å². The third-order valence-electron chi connectivity index (χ3n) is 7.67. The van der Waals surface area contributed by atoms with Gasteiger partial charge in [-0.05, 0) is 68.7 Å². The Bertz CT molecular complexity index is 564. The van der Waals surface area contributed by atoms with Crippen LogP contribution in [-0.2, 0) is 14.4 Å². The number of aliphatic hydroxyl groups excluding tert-OH is 1. The van der Waals surface area contributed by atoms with Gasteiger partial charge in [0, 0.05) is 13.1 Å². The largest absolute Gasteiger partial charge is 0.391 e. The summed E-state index contributed by atoms with van der Waals surface area (Å²) in [4.78, 5) is 32.1. The lowest BCUT2D eigenvalue weighted by molar-refractivity contribution is -0.153. The minimum absolute atomic E-state index is 0.0150. The third kappa shape index (κ3) is 5.30. The van der Waals surface area contributed by atoms with E-state index in [1.165, 1.54) is 32.8 Å². The molecule has 2 amide bonds. The zero-order chi connectivity index (χ0) is 21.0. The Morgan fingerprint density at radius 2 is 1.76 bits per heavy atom. The number of hydrogen-bond acceptors (Lipinski definition) is 5. The molecule has 3 fully saturated rings. The third-order valence-corrected chi connectivity index (χ3v) is 7.67. The van der Waals surface area contributed by atoms with E-state index in [0.717, 1.165) is 38.4 Å².